The Labute approximate surface area is 190 Å². The molecule has 2 aliphatic heterocycles. The van der Waals surface area contributed by atoms with Crippen LogP contribution in [-0.2, 0) is 4.79 Å². The fraction of sp³-hybridized carbons (Fsp3) is 0.167. The van der Waals surface area contributed by atoms with Gasteiger partial charge in [0.2, 0.25) is 17.7 Å². The van der Waals surface area contributed by atoms with Crippen LogP contribution < -0.4 is 20.1 Å². The average Bonchev–Trinajstić information content (AvgIpc) is 2.81. The van der Waals surface area contributed by atoms with Gasteiger partial charge in [0.1, 0.15) is 22.8 Å². The van der Waals surface area contributed by atoms with E-state index in [9.17, 15) is 9.59 Å². The molecule has 33 heavy (non-hydrogen) atoms. The van der Waals surface area contributed by atoms with Crippen molar-refractivity contribution in [2.75, 3.05) is 18.0 Å². The van der Waals surface area contributed by atoms with Crippen molar-refractivity contribution < 1.29 is 19.1 Å². The molecule has 2 aliphatic rings. The van der Waals surface area contributed by atoms with E-state index in [4.69, 9.17) is 15.2 Å². The predicted molar refractivity (Wildman–Crippen MR) is 120 cm³/mol. The molecule has 2 atom stereocenters. The Morgan fingerprint density at radius 2 is 1.64 bits per heavy atom. The monoisotopic (exact) mass is 443 g/mol. The van der Waals surface area contributed by atoms with Crippen molar-refractivity contribution in [2.24, 2.45) is 5.73 Å². The summed E-state index contributed by atoms with van der Waals surface area (Å²) in [4.78, 5) is 36.2. The molecule has 0 spiro atoms. The van der Waals surface area contributed by atoms with Crippen LogP contribution in [-0.4, -0.2) is 51.9 Å². The smallest absolute Gasteiger partial charge is 0.255 e. The van der Waals surface area contributed by atoms with Crippen LogP contribution >= 0.6 is 0 Å². The van der Waals surface area contributed by atoms with Crippen molar-refractivity contribution in [3.63, 3.8) is 0 Å². The highest BCUT2D eigenvalue weighted by molar-refractivity contribution is 5.95. The van der Waals surface area contributed by atoms with Gasteiger partial charge in [-0.25, -0.2) is 4.98 Å². The first-order valence-corrected chi connectivity index (χ1v) is 10.4. The molecule has 0 aliphatic carbocycles. The van der Waals surface area contributed by atoms with Gasteiger partial charge in [-0.05, 0) is 42.5 Å². The van der Waals surface area contributed by atoms with E-state index in [1.165, 1.54) is 12.3 Å². The summed E-state index contributed by atoms with van der Waals surface area (Å²) in [5.41, 5.74) is 5.57. The van der Waals surface area contributed by atoms with Crippen LogP contribution in [0.15, 0.2) is 73.4 Å². The molecule has 9 nitrogen and oxygen atoms in total. The minimum atomic E-state index is -0.687. The quantitative estimate of drug-likeness (QED) is 0.559. The van der Waals surface area contributed by atoms with Crippen molar-refractivity contribution in [1.29, 1.82) is 0 Å². The first-order chi connectivity index (χ1) is 16.0. The fourth-order valence-corrected chi connectivity index (χ4v) is 3.91. The van der Waals surface area contributed by atoms with Crippen LogP contribution in [0.25, 0.3) is 0 Å². The molecule has 9 heteroatoms. The topological polar surface area (TPSA) is 111 Å². The van der Waals surface area contributed by atoms with E-state index in [0.29, 0.717) is 30.5 Å². The zero-order chi connectivity index (χ0) is 22.9. The van der Waals surface area contributed by atoms with Crippen LogP contribution in [0, 0.1) is 0 Å². The first-order valence-electron chi connectivity index (χ1n) is 10.4. The van der Waals surface area contributed by atoms with Crippen molar-refractivity contribution in [1.82, 2.24) is 14.9 Å². The molecule has 3 aromatic rings. The lowest BCUT2D eigenvalue weighted by atomic mass is 9.86. The summed E-state index contributed by atoms with van der Waals surface area (Å²) < 4.78 is 11.7. The van der Waals surface area contributed by atoms with Gasteiger partial charge in [0.05, 0.1) is 12.1 Å². The van der Waals surface area contributed by atoms with E-state index in [2.05, 4.69) is 16.5 Å². The number of amides is 2. The second-order valence-corrected chi connectivity index (χ2v) is 7.72. The number of nitrogens with two attached hydrogens (primary N) is 1. The summed E-state index contributed by atoms with van der Waals surface area (Å²) in [7, 11) is 0. The van der Waals surface area contributed by atoms with Gasteiger partial charge < -0.3 is 25.0 Å². The van der Waals surface area contributed by atoms with Gasteiger partial charge in [-0.1, -0.05) is 24.8 Å². The van der Waals surface area contributed by atoms with E-state index >= 15 is 0 Å². The molecule has 2 amide bonds. The summed E-state index contributed by atoms with van der Waals surface area (Å²) >= 11 is 0. The third-order valence-corrected chi connectivity index (χ3v) is 5.75. The second-order valence-electron chi connectivity index (χ2n) is 7.72. The molecule has 2 saturated heterocycles. The normalized spacial score (nSPS) is 18.4. The largest absolute Gasteiger partial charge is 0.457 e. The van der Waals surface area contributed by atoms with Crippen molar-refractivity contribution in [3.8, 4) is 23.1 Å². The number of nitrogens with zero attached hydrogens (tertiary/aromatic N) is 4. The van der Waals surface area contributed by atoms with Crippen molar-refractivity contribution in [3.05, 3.63) is 79.0 Å². The van der Waals surface area contributed by atoms with E-state index < -0.39 is 5.91 Å². The van der Waals surface area contributed by atoms with Crippen LogP contribution in [0.5, 0.6) is 23.1 Å². The van der Waals surface area contributed by atoms with E-state index in [0.717, 1.165) is 5.75 Å². The van der Waals surface area contributed by atoms with Gasteiger partial charge in [0.15, 0.2) is 0 Å². The van der Waals surface area contributed by atoms with E-state index in [1.54, 1.807) is 29.2 Å². The Bertz CT molecular complexity index is 1220. The number of para-hydroxylation sites is 1. The zero-order valence-electron chi connectivity index (χ0n) is 17.6. The predicted octanol–water partition coefficient (Wildman–Crippen LogP) is 2.75. The Balaban J connectivity index is 1.31. The lowest BCUT2D eigenvalue weighted by Crippen LogP contribution is -2.80. The molecule has 2 N–H and O–H groups in total. The molecule has 166 valence electrons. The van der Waals surface area contributed by atoms with Crippen molar-refractivity contribution >= 4 is 17.8 Å². The number of likely N-dealkylation sites (tertiary alicyclic amines) is 1. The highest BCUT2D eigenvalue weighted by Crippen LogP contribution is 2.37. The van der Waals surface area contributed by atoms with Gasteiger partial charge in [0, 0.05) is 19.3 Å². The lowest BCUT2D eigenvalue weighted by Gasteiger charge is -2.61. The van der Waals surface area contributed by atoms with Crippen molar-refractivity contribution in [2.45, 2.75) is 12.1 Å². The number of primary amides is 1. The van der Waals surface area contributed by atoms with Crippen LogP contribution in [0.1, 0.15) is 10.4 Å². The molecule has 3 heterocycles. The number of ether oxygens (including phenoxy) is 2. The number of carbonyl (C=O) groups excluding carboxylic acids is 2. The van der Waals surface area contributed by atoms with E-state index in [1.807, 2.05) is 35.2 Å². The first kappa shape index (κ1) is 20.5. The number of aromatic nitrogens is 2. The van der Waals surface area contributed by atoms with Gasteiger partial charge in [0.25, 0.3) is 5.91 Å². The number of anilines is 1. The number of hydrogen-bond donors (Lipinski definition) is 1. The Hall–Kier alpha value is -4.40. The summed E-state index contributed by atoms with van der Waals surface area (Å²) in [5, 5.41) is 0. The number of fused-ring (bicyclic) bond motifs is 1. The maximum Gasteiger partial charge on any atom is 0.255 e. The van der Waals surface area contributed by atoms with Crippen LogP contribution in [0.4, 0.5) is 5.95 Å². The van der Waals surface area contributed by atoms with E-state index in [-0.39, 0.29) is 29.4 Å². The van der Waals surface area contributed by atoms with Gasteiger partial charge in [-0.3, -0.25) is 9.59 Å². The van der Waals surface area contributed by atoms with Gasteiger partial charge in [-0.2, -0.15) is 4.98 Å². The maximum atomic E-state index is 11.9. The van der Waals surface area contributed by atoms with Gasteiger partial charge >= 0.3 is 0 Å². The Morgan fingerprint density at radius 3 is 2.24 bits per heavy atom. The molecular formula is C24H21N5O4. The zero-order valence-corrected chi connectivity index (χ0v) is 17.6. The number of rotatable bonds is 7. The molecule has 2 fully saturated rings. The van der Waals surface area contributed by atoms with Crippen LogP contribution in [0.2, 0.25) is 0 Å². The molecule has 2 aromatic carbocycles. The van der Waals surface area contributed by atoms with Gasteiger partial charge in [-0.15, -0.1) is 0 Å². The lowest BCUT2D eigenvalue weighted by molar-refractivity contribution is -0.138. The standard InChI is InChI=1S/C24H21N5O4/c1-2-21(30)28-13-20-19(28)14-29(20)24-26-12-18(22(25)31)23(27-24)33-17-10-8-16(9-11-17)32-15-6-4-3-5-7-15/h2-12,19-20H,1,13-14H2,(H2,25,31). The number of carbonyl (C=O) groups is 2. The SMILES string of the molecule is C=CC(=O)N1CC2C1CN2c1ncc(C(N)=O)c(Oc2ccc(Oc3ccccc3)cc2)n1. The number of hydrogen-bond acceptors (Lipinski definition) is 7. The third kappa shape index (κ3) is 3.84. The Kier molecular flexibility index (Phi) is 5.14. The number of piperazine rings is 1. The summed E-state index contributed by atoms with van der Waals surface area (Å²) in [6, 6.07) is 16.6. The summed E-state index contributed by atoms with van der Waals surface area (Å²) in [5.74, 6) is 1.56. The summed E-state index contributed by atoms with van der Waals surface area (Å²) in [6.07, 6.45) is 2.69. The molecule has 1 aromatic heterocycles. The second kappa shape index (κ2) is 8.27. The average molecular weight is 443 g/mol. The molecule has 2 unspecified atom stereocenters. The highest BCUT2D eigenvalue weighted by atomic mass is 16.5. The molecule has 0 radical (unpaired) electrons. The summed E-state index contributed by atoms with van der Waals surface area (Å²) in [6.45, 7) is 4.71. The minimum Gasteiger partial charge on any atom is -0.457 e. The highest BCUT2D eigenvalue weighted by Gasteiger charge is 2.54. The molecule has 5 rings (SSSR count). The molecular weight excluding hydrogens is 422 g/mol. The number of benzene rings is 2. The third-order valence-electron chi connectivity index (χ3n) is 5.75. The Morgan fingerprint density at radius 1 is 0.970 bits per heavy atom. The van der Waals surface area contributed by atoms with Crippen LogP contribution in [0.3, 0.4) is 0 Å². The minimum absolute atomic E-state index is 0.0750. The fourth-order valence-electron chi connectivity index (χ4n) is 3.91. The molecule has 0 saturated carbocycles. The molecule has 0 bridgehead atoms. The maximum absolute atomic E-state index is 11.9.